The van der Waals surface area contributed by atoms with Crippen molar-refractivity contribution in [1.82, 2.24) is 14.5 Å². The van der Waals surface area contributed by atoms with E-state index >= 15 is 0 Å². The van der Waals surface area contributed by atoms with Gasteiger partial charge in [0.05, 0.1) is 15.7 Å². The molecule has 0 N–H and O–H groups in total. The van der Waals surface area contributed by atoms with Gasteiger partial charge in [-0.05, 0) is 43.3 Å². The van der Waals surface area contributed by atoms with Crippen molar-refractivity contribution in [3.05, 3.63) is 53.2 Å². The number of carbonyl (C=O) groups is 1. The van der Waals surface area contributed by atoms with E-state index in [2.05, 4.69) is 10.2 Å². The number of carbonyl (C=O) groups excluding carboxylic acids is 1. The van der Waals surface area contributed by atoms with Crippen LogP contribution in [-0.4, -0.2) is 41.8 Å². The van der Waals surface area contributed by atoms with Crippen LogP contribution in [-0.2, 0) is 10.0 Å². The number of hydrogen-bond donors (Lipinski definition) is 0. The number of sulfonamides is 1. The fourth-order valence-electron chi connectivity index (χ4n) is 3.29. The number of hydrogen-bond acceptors (Lipinski definition) is 7. The molecule has 1 unspecified atom stereocenters. The average Bonchev–Trinajstić information content (AvgIpc) is 3.40. The molecule has 0 spiro atoms. The van der Waals surface area contributed by atoms with Crippen LogP contribution in [0.25, 0.3) is 10.8 Å². The summed E-state index contributed by atoms with van der Waals surface area (Å²) in [6, 6.07) is 9.98. The molecule has 1 saturated heterocycles. The number of nitrogens with zero attached hydrogens (tertiary/aromatic N) is 3. The Bertz CT molecular complexity index is 1090. The van der Waals surface area contributed by atoms with Crippen molar-refractivity contribution < 1.29 is 17.6 Å². The predicted molar refractivity (Wildman–Crippen MR) is 105 cm³/mol. The van der Waals surface area contributed by atoms with Crippen LogP contribution >= 0.6 is 11.3 Å². The Labute approximate surface area is 167 Å². The number of aromatic nitrogens is 2. The van der Waals surface area contributed by atoms with Crippen LogP contribution < -0.4 is 0 Å². The molecule has 1 fully saturated rings. The molecule has 3 aromatic rings. The van der Waals surface area contributed by atoms with Crippen molar-refractivity contribution in [3.8, 4) is 10.8 Å². The van der Waals surface area contributed by atoms with E-state index < -0.39 is 10.0 Å². The van der Waals surface area contributed by atoms with Gasteiger partial charge in [0.15, 0.2) is 5.78 Å². The molecule has 0 aliphatic carbocycles. The van der Waals surface area contributed by atoms with Gasteiger partial charge in [-0.1, -0.05) is 18.2 Å². The van der Waals surface area contributed by atoms with E-state index in [0.29, 0.717) is 30.3 Å². The van der Waals surface area contributed by atoms with Crippen molar-refractivity contribution in [2.24, 2.45) is 0 Å². The maximum absolute atomic E-state index is 13.1. The minimum atomic E-state index is -3.70. The minimum absolute atomic E-state index is 0.130. The second-order valence-electron chi connectivity index (χ2n) is 6.71. The van der Waals surface area contributed by atoms with Crippen molar-refractivity contribution >= 4 is 27.1 Å². The summed E-state index contributed by atoms with van der Waals surface area (Å²) >= 11 is 1.51. The van der Waals surface area contributed by atoms with Gasteiger partial charge >= 0.3 is 0 Å². The lowest BCUT2D eigenvalue weighted by molar-refractivity contribution is 0.101. The number of piperidine rings is 1. The number of thiophene rings is 1. The third-order valence-corrected chi connectivity index (χ3v) is 7.50. The molecule has 0 saturated carbocycles. The molecule has 146 valence electrons. The van der Waals surface area contributed by atoms with Crippen LogP contribution in [0.3, 0.4) is 0 Å². The number of benzene rings is 1. The lowest BCUT2D eigenvalue weighted by atomic mass is 10.00. The molecule has 1 aliphatic heterocycles. The first-order valence-electron chi connectivity index (χ1n) is 8.93. The van der Waals surface area contributed by atoms with E-state index in [-0.39, 0.29) is 23.1 Å². The van der Waals surface area contributed by atoms with Crippen LogP contribution in [0.15, 0.2) is 51.1 Å². The van der Waals surface area contributed by atoms with Crippen molar-refractivity contribution in [3.63, 3.8) is 0 Å². The fraction of sp³-hybridized carbons (Fsp3) is 0.316. The van der Waals surface area contributed by atoms with Gasteiger partial charge in [-0.2, -0.15) is 4.31 Å². The molecule has 2 aromatic heterocycles. The van der Waals surface area contributed by atoms with E-state index in [4.69, 9.17) is 4.42 Å². The first-order chi connectivity index (χ1) is 13.4. The summed E-state index contributed by atoms with van der Waals surface area (Å²) in [6.45, 7) is 2.12. The summed E-state index contributed by atoms with van der Waals surface area (Å²) in [5.74, 6) is 0.598. The third kappa shape index (κ3) is 3.65. The molecule has 9 heteroatoms. The van der Waals surface area contributed by atoms with Crippen LogP contribution in [0.1, 0.15) is 41.9 Å². The summed E-state index contributed by atoms with van der Waals surface area (Å²) in [5, 5.41) is 10.2. The molecule has 3 heterocycles. The molecule has 0 bridgehead atoms. The summed E-state index contributed by atoms with van der Waals surface area (Å²) in [4.78, 5) is 12.6. The Hall–Kier alpha value is -2.36. The summed E-state index contributed by atoms with van der Waals surface area (Å²) < 4.78 is 33.4. The van der Waals surface area contributed by atoms with Crippen molar-refractivity contribution in [2.45, 2.75) is 30.6 Å². The van der Waals surface area contributed by atoms with Crippen LogP contribution in [0, 0.1) is 0 Å². The lowest BCUT2D eigenvalue weighted by Crippen LogP contribution is -2.39. The third-order valence-electron chi connectivity index (χ3n) is 4.78. The van der Waals surface area contributed by atoms with Gasteiger partial charge in [-0.15, -0.1) is 21.5 Å². The van der Waals surface area contributed by atoms with Crippen molar-refractivity contribution in [2.75, 3.05) is 13.1 Å². The quantitative estimate of drug-likeness (QED) is 0.589. The van der Waals surface area contributed by atoms with Gasteiger partial charge in [0.1, 0.15) is 0 Å². The standard InChI is InChI=1S/C19H19N3O4S2/c1-13(23)14-5-2-7-16(11-14)28(24,25)22-9-3-6-15(12-22)18-20-21-19(26-18)17-8-4-10-27-17/h2,4-5,7-8,10-11,15H,3,6,9,12H2,1H3. The lowest BCUT2D eigenvalue weighted by Gasteiger charge is -2.30. The second-order valence-corrected chi connectivity index (χ2v) is 9.59. The van der Waals surface area contributed by atoms with Gasteiger partial charge in [-0.3, -0.25) is 4.79 Å². The Balaban J connectivity index is 1.56. The van der Waals surface area contributed by atoms with Gasteiger partial charge in [0, 0.05) is 18.7 Å². The van der Waals surface area contributed by atoms with E-state index in [1.54, 1.807) is 12.1 Å². The highest BCUT2D eigenvalue weighted by Crippen LogP contribution is 2.32. The maximum atomic E-state index is 13.1. The van der Waals surface area contributed by atoms with Crippen LogP contribution in [0.5, 0.6) is 0 Å². The molecule has 0 amide bonds. The van der Waals surface area contributed by atoms with Gasteiger partial charge in [0.2, 0.25) is 15.9 Å². The summed E-state index contributed by atoms with van der Waals surface area (Å²) in [6.07, 6.45) is 1.48. The molecule has 0 radical (unpaired) electrons. The van der Waals surface area contributed by atoms with E-state index in [0.717, 1.165) is 11.3 Å². The topological polar surface area (TPSA) is 93.4 Å². The smallest absolute Gasteiger partial charge is 0.257 e. The highest BCUT2D eigenvalue weighted by molar-refractivity contribution is 7.89. The monoisotopic (exact) mass is 417 g/mol. The van der Waals surface area contributed by atoms with Gasteiger partial charge in [0.25, 0.3) is 5.89 Å². The summed E-state index contributed by atoms with van der Waals surface area (Å²) in [5.41, 5.74) is 0.382. The Morgan fingerprint density at radius 1 is 1.25 bits per heavy atom. The Morgan fingerprint density at radius 3 is 2.86 bits per heavy atom. The second kappa shape index (κ2) is 7.57. The number of Topliss-reactive ketones (excluding diaryl/α,β-unsaturated/α-hetero) is 1. The molecule has 1 atom stereocenters. The molecular formula is C19H19N3O4S2. The molecule has 1 aromatic carbocycles. The fourth-order valence-corrected chi connectivity index (χ4v) is 5.50. The van der Waals surface area contributed by atoms with E-state index in [1.165, 1.54) is 34.7 Å². The largest absolute Gasteiger partial charge is 0.420 e. The maximum Gasteiger partial charge on any atom is 0.257 e. The predicted octanol–water partition coefficient (Wildman–Crippen LogP) is 3.57. The van der Waals surface area contributed by atoms with E-state index in [1.807, 2.05) is 17.5 Å². The highest BCUT2D eigenvalue weighted by atomic mass is 32.2. The van der Waals surface area contributed by atoms with Crippen molar-refractivity contribution in [1.29, 1.82) is 0 Å². The molecule has 28 heavy (non-hydrogen) atoms. The normalized spacial score (nSPS) is 18.2. The average molecular weight is 418 g/mol. The van der Waals surface area contributed by atoms with Gasteiger partial charge < -0.3 is 4.42 Å². The first kappa shape index (κ1) is 19.0. The molecule has 4 rings (SSSR count). The molecule has 7 nitrogen and oxygen atoms in total. The minimum Gasteiger partial charge on any atom is -0.420 e. The highest BCUT2D eigenvalue weighted by Gasteiger charge is 2.33. The number of rotatable bonds is 5. The van der Waals surface area contributed by atoms with E-state index in [9.17, 15) is 13.2 Å². The Kier molecular flexibility index (Phi) is 5.13. The summed E-state index contributed by atoms with van der Waals surface area (Å²) in [7, 11) is -3.70. The zero-order valence-electron chi connectivity index (χ0n) is 15.2. The van der Waals surface area contributed by atoms with Gasteiger partial charge in [-0.25, -0.2) is 8.42 Å². The molecular weight excluding hydrogens is 398 g/mol. The zero-order valence-corrected chi connectivity index (χ0v) is 16.9. The Morgan fingerprint density at radius 2 is 2.11 bits per heavy atom. The first-order valence-corrected chi connectivity index (χ1v) is 11.3. The van der Waals surface area contributed by atoms with Crippen LogP contribution in [0.2, 0.25) is 0 Å². The SMILES string of the molecule is CC(=O)c1cccc(S(=O)(=O)N2CCCC(c3nnc(-c4cccs4)o3)C2)c1. The zero-order chi connectivity index (χ0) is 19.7. The van der Waals surface area contributed by atoms with Crippen LogP contribution in [0.4, 0.5) is 0 Å². The number of ketones is 1. The molecule has 1 aliphatic rings.